The normalized spacial score (nSPS) is 20.9. The molecule has 1 aromatic heterocycles. The lowest BCUT2D eigenvalue weighted by atomic mass is 10.1. The number of pyridine rings is 1. The first-order valence-electron chi connectivity index (χ1n) is 5.45. The third-order valence-electron chi connectivity index (χ3n) is 2.93. The highest BCUT2D eigenvalue weighted by Gasteiger charge is 2.20. The topological polar surface area (TPSA) is 33.1 Å². The van der Waals surface area contributed by atoms with Gasteiger partial charge in [0.1, 0.15) is 0 Å². The molecule has 0 saturated carbocycles. The molecule has 1 aliphatic rings. The van der Waals surface area contributed by atoms with Crippen molar-refractivity contribution in [3.8, 4) is 0 Å². The van der Waals surface area contributed by atoms with E-state index in [0.717, 1.165) is 30.7 Å². The third kappa shape index (κ3) is 2.18. The summed E-state index contributed by atoms with van der Waals surface area (Å²) in [5, 5.41) is 10.0. The molecule has 0 spiro atoms. The molecule has 1 heterocycles. The molecule has 2 nitrogen and oxygen atoms in total. The molecule has 82 valence electrons. The van der Waals surface area contributed by atoms with Gasteiger partial charge in [0.05, 0.1) is 11.8 Å². The number of nitrogens with zero attached hydrogens (tertiary/aromatic N) is 1. The van der Waals surface area contributed by atoms with Crippen LogP contribution in [0.15, 0.2) is 11.0 Å². The number of thioether (sulfide) groups is 1. The van der Waals surface area contributed by atoms with Gasteiger partial charge in [0.15, 0.2) is 0 Å². The van der Waals surface area contributed by atoms with Crippen LogP contribution in [-0.4, -0.2) is 16.3 Å². The average Bonchev–Trinajstić information content (AvgIpc) is 2.40. The first-order valence-corrected chi connectivity index (χ1v) is 6.67. The summed E-state index contributed by atoms with van der Waals surface area (Å²) in [5.41, 5.74) is 3.22. The van der Waals surface area contributed by atoms with E-state index in [4.69, 9.17) is 0 Å². The Bertz CT molecular complexity index is 365. The van der Waals surface area contributed by atoms with Gasteiger partial charge >= 0.3 is 0 Å². The van der Waals surface area contributed by atoms with Gasteiger partial charge in [-0.25, -0.2) is 0 Å². The molecule has 1 unspecified atom stereocenters. The summed E-state index contributed by atoms with van der Waals surface area (Å²) in [6, 6.07) is 2.13. The molecule has 1 N–H and O–H groups in total. The van der Waals surface area contributed by atoms with E-state index in [1.54, 1.807) is 11.8 Å². The van der Waals surface area contributed by atoms with Crippen molar-refractivity contribution in [2.75, 3.05) is 6.26 Å². The zero-order chi connectivity index (χ0) is 10.8. The Balaban J connectivity index is 2.52. The van der Waals surface area contributed by atoms with Crippen molar-refractivity contribution in [3.63, 3.8) is 0 Å². The molecule has 0 aromatic carbocycles. The SMILES string of the molecule is CSc1cc(C)nc2c1CCCCC2O. The van der Waals surface area contributed by atoms with Gasteiger partial charge < -0.3 is 5.11 Å². The minimum absolute atomic E-state index is 0.353. The lowest BCUT2D eigenvalue weighted by Crippen LogP contribution is -2.05. The first kappa shape index (κ1) is 11.0. The summed E-state index contributed by atoms with van der Waals surface area (Å²) in [7, 11) is 0. The molecule has 0 saturated heterocycles. The van der Waals surface area contributed by atoms with Crippen LogP contribution >= 0.6 is 11.8 Å². The smallest absolute Gasteiger partial charge is 0.0963 e. The van der Waals surface area contributed by atoms with Crippen molar-refractivity contribution >= 4 is 11.8 Å². The summed E-state index contributed by atoms with van der Waals surface area (Å²) in [6.07, 6.45) is 5.93. The molecule has 1 atom stereocenters. The monoisotopic (exact) mass is 223 g/mol. The van der Waals surface area contributed by atoms with Crippen molar-refractivity contribution in [3.05, 3.63) is 23.0 Å². The van der Waals surface area contributed by atoms with E-state index in [2.05, 4.69) is 17.3 Å². The highest BCUT2D eigenvalue weighted by atomic mass is 32.2. The summed E-state index contributed by atoms with van der Waals surface area (Å²) < 4.78 is 0. The van der Waals surface area contributed by atoms with Crippen molar-refractivity contribution < 1.29 is 5.11 Å². The highest BCUT2D eigenvalue weighted by Crippen LogP contribution is 2.33. The van der Waals surface area contributed by atoms with Gasteiger partial charge in [0.2, 0.25) is 0 Å². The van der Waals surface area contributed by atoms with Gasteiger partial charge in [-0.3, -0.25) is 4.98 Å². The van der Waals surface area contributed by atoms with Crippen LogP contribution in [0.2, 0.25) is 0 Å². The molecule has 2 rings (SSSR count). The lowest BCUT2D eigenvalue weighted by Gasteiger charge is -2.14. The lowest BCUT2D eigenvalue weighted by molar-refractivity contribution is 0.161. The molecule has 0 amide bonds. The number of hydrogen-bond acceptors (Lipinski definition) is 3. The Morgan fingerprint density at radius 3 is 3.00 bits per heavy atom. The fraction of sp³-hybridized carbons (Fsp3) is 0.583. The Morgan fingerprint density at radius 2 is 2.27 bits per heavy atom. The van der Waals surface area contributed by atoms with Crippen molar-refractivity contribution in [2.24, 2.45) is 0 Å². The van der Waals surface area contributed by atoms with E-state index >= 15 is 0 Å². The van der Waals surface area contributed by atoms with Gasteiger partial charge in [-0.2, -0.15) is 0 Å². The molecule has 1 aromatic rings. The van der Waals surface area contributed by atoms with E-state index in [1.165, 1.54) is 16.9 Å². The van der Waals surface area contributed by atoms with Crippen LogP contribution in [-0.2, 0) is 6.42 Å². The second kappa shape index (κ2) is 4.54. The van der Waals surface area contributed by atoms with Gasteiger partial charge in [-0.1, -0.05) is 6.42 Å². The number of aryl methyl sites for hydroxylation is 1. The van der Waals surface area contributed by atoms with Gasteiger partial charge in [-0.05, 0) is 44.1 Å². The Kier molecular flexibility index (Phi) is 3.32. The van der Waals surface area contributed by atoms with Crippen molar-refractivity contribution in [1.82, 2.24) is 4.98 Å². The first-order chi connectivity index (χ1) is 7.22. The van der Waals surface area contributed by atoms with Crippen LogP contribution in [0, 0.1) is 6.92 Å². The van der Waals surface area contributed by atoms with E-state index in [0.29, 0.717) is 0 Å². The average molecular weight is 223 g/mol. The molecule has 1 aliphatic carbocycles. The predicted octanol–water partition coefficient (Wildman–Crippen LogP) is 2.87. The van der Waals surface area contributed by atoms with Crippen LogP contribution in [0.1, 0.15) is 42.3 Å². The number of aliphatic hydroxyl groups excluding tert-OH is 1. The quantitative estimate of drug-likeness (QED) is 0.587. The fourth-order valence-electron chi connectivity index (χ4n) is 2.18. The Hall–Kier alpha value is -0.540. The maximum Gasteiger partial charge on any atom is 0.0963 e. The summed E-state index contributed by atoms with van der Waals surface area (Å²) in [4.78, 5) is 5.79. The summed E-state index contributed by atoms with van der Waals surface area (Å²) in [5.74, 6) is 0. The molecule has 0 radical (unpaired) electrons. The van der Waals surface area contributed by atoms with Crippen LogP contribution in [0.25, 0.3) is 0 Å². The zero-order valence-corrected chi connectivity index (χ0v) is 10.1. The Labute approximate surface area is 95.1 Å². The zero-order valence-electron chi connectivity index (χ0n) is 9.29. The molecule has 15 heavy (non-hydrogen) atoms. The molecule has 0 bridgehead atoms. The third-order valence-corrected chi connectivity index (χ3v) is 3.74. The van der Waals surface area contributed by atoms with Crippen molar-refractivity contribution in [1.29, 1.82) is 0 Å². The van der Waals surface area contributed by atoms with E-state index < -0.39 is 0 Å². The van der Waals surface area contributed by atoms with E-state index in [1.807, 2.05) is 6.92 Å². The predicted molar refractivity (Wildman–Crippen MR) is 63.3 cm³/mol. The number of fused-ring (bicyclic) bond motifs is 1. The number of aliphatic hydroxyl groups is 1. The minimum Gasteiger partial charge on any atom is -0.387 e. The Morgan fingerprint density at radius 1 is 1.47 bits per heavy atom. The van der Waals surface area contributed by atoms with E-state index in [9.17, 15) is 5.11 Å². The van der Waals surface area contributed by atoms with Crippen LogP contribution in [0.3, 0.4) is 0 Å². The van der Waals surface area contributed by atoms with Gasteiger partial charge in [0, 0.05) is 10.6 Å². The highest BCUT2D eigenvalue weighted by molar-refractivity contribution is 7.98. The molecule has 0 aliphatic heterocycles. The second-order valence-electron chi connectivity index (χ2n) is 4.09. The maximum atomic E-state index is 10.0. The largest absolute Gasteiger partial charge is 0.387 e. The van der Waals surface area contributed by atoms with Gasteiger partial charge in [0.25, 0.3) is 0 Å². The van der Waals surface area contributed by atoms with Crippen molar-refractivity contribution in [2.45, 2.75) is 43.6 Å². The minimum atomic E-state index is -0.353. The molecule has 3 heteroatoms. The van der Waals surface area contributed by atoms with E-state index in [-0.39, 0.29) is 6.10 Å². The van der Waals surface area contributed by atoms with Gasteiger partial charge in [-0.15, -0.1) is 11.8 Å². The molecule has 0 fully saturated rings. The van der Waals surface area contributed by atoms with Crippen LogP contribution in [0.4, 0.5) is 0 Å². The summed E-state index contributed by atoms with van der Waals surface area (Å²) in [6.45, 7) is 2.00. The maximum absolute atomic E-state index is 10.0. The molecular weight excluding hydrogens is 206 g/mol. The number of rotatable bonds is 1. The molecular formula is C12H17NOS. The standard InChI is InChI=1S/C12H17NOS/c1-8-7-11(15-2)9-5-3-4-6-10(14)12(9)13-8/h7,10,14H,3-6H2,1-2H3. The van der Waals surface area contributed by atoms with Crippen LogP contribution in [0.5, 0.6) is 0 Å². The number of aromatic nitrogens is 1. The summed E-state index contributed by atoms with van der Waals surface area (Å²) >= 11 is 1.76. The number of hydrogen-bond donors (Lipinski definition) is 1. The fourth-order valence-corrected chi connectivity index (χ4v) is 2.92. The second-order valence-corrected chi connectivity index (χ2v) is 4.94. The van der Waals surface area contributed by atoms with Crippen LogP contribution < -0.4 is 0 Å².